The number of halogens is 1. The summed E-state index contributed by atoms with van der Waals surface area (Å²) in [5.41, 5.74) is 0.908. The molecule has 0 aliphatic heterocycles. The van der Waals surface area contributed by atoms with E-state index < -0.39 is 0 Å². The summed E-state index contributed by atoms with van der Waals surface area (Å²) in [4.78, 5) is 0. The highest BCUT2D eigenvalue weighted by Crippen LogP contribution is 2.23. The van der Waals surface area contributed by atoms with Crippen molar-refractivity contribution in [2.75, 3.05) is 0 Å². The summed E-state index contributed by atoms with van der Waals surface area (Å²) < 4.78 is 16.3. The Kier molecular flexibility index (Phi) is 13.7. The quantitative estimate of drug-likeness (QED) is 0.385. The van der Waals surface area contributed by atoms with Crippen molar-refractivity contribution in [2.24, 2.45) is 0 Å². The average Bonchev–Trinajstić information content (AvgIpc) is 2.76. The van der Waals surface area contributed by atoms with Crippen molar-refractivity contribution in [1.29, 1.82) is 0 Å². The van der Waals surface area contributed by atoms with Gasteiger partial charge in [-0.15, -0.1) is 0 Å². The second-order valence-corrected chi connectivity index (χ2v) is 8.45. The maximum atomic E-state index is 8.77. The Bertz CT molecular complexity index is 878. The highest BCUT2D eigenvalue weighted by molar-refractivity contribution is 6.32. The summed E-state index contributed by atoms with van der Waals surface area (Å²) in [7, 11) is 0. The number of benzene rings is 3. The highest BCUT2D eigenvalue weighted by Gasteiger charge is 2.00. The van der Waals surface area contributed by atoms with Crippen LogP contribution in [0.4, 0.5) is 0 Å². The lowest BCUT2D eigenvalue weighted by molar-refractivity contribution is 0.241. The second kappa shape index (κ2) is 16.0. The average molecular weight is 473 g/mol. The number of ether oxygens (including phenoxy) is 3. The molecular formula is C28H37ClO4. The Balaban J connectivity index is 0.000000249. The van der Waals surface area contributed by atoms with Crippen LogP contribution in [0, 0.1) is 0 Å². The number of aliphatic hydroxyl groups is 1. The third-order valence-corrected chi connectivity index (χ3v) is 4.10. The van der Waals surface area contributed by atoms with Gasteiger partial charge in [0.15, 0.2) is 0 Å². The van der Waals surface area contributed by atoms with Gasteiger partial charge in [0.25, 0.3) is 0 Å². The molecule has 0 aromatic heterocycles. The van der Waals surface area contributed by atoms with Crippen molar-refractivity contribution in [3.05, 3.63) is 89.4 Å². The topological polar surface area (TPSA) is 47.9 Å². The number of hydrogen-bond donors (Lipinski definition) is 1. The summed E-state index contributed by atoms with van der Waals surface area (Å²) in [5.74, 6) is 2.55. The Morgan fingerprint density at radius 3 is 1.52 bits per heavy atom. The van der Waals surface area contributed by atoms with Crippen LogP contribution in [-0.4, -0.2) is 23.4 Å². The van der Waals surface area contributed by atoms with Gasteiger partial charge in [-0.1, -0.05) is 54.1 Å². The fourth-order valence-electron chi connectivity index (χ4n) is 2.51. The van der Waals surface area contributed by atoms with E-state index in [1.807, 2.05) is 120 Å². The minimum atomic E-state index is 0.0853. The van der Waals surface area contributed by atoms with Crippen molar-refractivity contribution in [3.63, 3.8) is 0 Å². The maximum absolute atomic E-state index is 8.77. The monoisotopic (exact) mass is 472 g/mol. The third-order valence-electron chi connectivity index (χ3n) is 3.79. The molecule has 33 heavy (non-hydrogen) atoms. The smallest absolute Gasteiger partial charge is 0.138 e. The van der Waals surface area contributed by atoms with Crippen LogP contribution in [0.3, 0.4) is 0 Å². The number of hydrogen-bond acceptors (Lipinski definition) is 4. The fourth-order valence-corrected chi connectivity index (χ4v) is 2.69. The van der Waals surface area contributed by atoms with Crippen molar-refractivity contribution in [3.8, 4) is 17.2 Å². The molecule has 4 nitrogen and oxygen atoms in total. The van der Waals surface area contributed by atoms with Crippen LogP contribution in [0.5, 0.6) is 17.2 Å². The van der Waals surface area contributed by atoms with Crippen LogP contribution in [0.1, 0.15) is 47.1 Å². The van der Waals surface area contributed by atoms with E-state index in [0.29, 0.717) is 5.02 Å². The third kappa shape index (κ3) is 13.5. The predicted octanol–water partition coefficient (Wildman–Crippen LogP) is 7.57. The molecule has 0 saturated heterocycles. The first kappa shape index (κ1) is 28.3. The van der Waals surface area contributed by atoms with E-state index in [-0.39, 0.29) is 24.9 Å². The van der Waals surface area contributed by atoms with Crippen LogP contribution < -0.4 is 14.2 Å². The highest BCUT2D eigenvalue weighted by atomic mass is 35.5. The van der Waals surface area contributed by atoms with Crippen LogP contribution in [0.2, 0.25) is 5.02 Å². The molecule has 3 rings (SSSR count). The molecule has 0 aliphatic rings. The molecule has 0 saturated carbocycles. The Morgan fingerprint density at radius 1 is 0.606 bits per heavy atom. The van der Waals surface area contributed by atoms with Gasteiger partial charge in [-0.25, -0.2) is 0 Å². The number of rotatable bonds is 7. The molecule has 0 spiro atoms. The molecule has 0 radical (unpaired) electrons. The summed E-state index contributed by atoms with van der Waals surface area (Å²) in [6.45, 7) is 12.1. The maximum Gasteiger partial charge on any atom is 0.138 e. The van der Waals surface area contributed by atoms with Crippen molar-refractivity contribution < 1.29 is 19.3 Å². The summed E-state index contributed by atoms with van der Waals surface area (Å²) >= 11 is 5.84. The Labute approximate surface area is 204 Å². The molecule has 0 atom stereocenters. The molecular weight excluding hydrogens is 436 g/mol. The van der Waals surface area contributed by atoms with Gasteiger partial charge in [-0.2, -0.15) is 0 Å². The zero-order valence-corrected chi connectivity index (χ0v) is 21.3. The predicted molar refractivity (Wildman–Crippen MR) is 138 cm³/mol. The molecule has 0 heterocycles. The summed E-state index contributed by atoms with van der Waals surface area (Å²) in [6.07, 6.45) is 0.641. The first-order valence-electron chi connectivity index (χ1n) is 11.2. The van der Waals surface area contributed by atoms with Crippen molar-refractivity contribution in [1.82, 2.24) is 0 Å². The molecule has 1 N–H and O–H groups in total. The van der Waals surface area contributed by atoms with Gasteiger partial charge >= 0.3 is 0 Å². The molecule has 180 valence electrons. The molecule has 0 amide bonds. The minimum Gasteiger partial charge on any atom is -0.491 e. The molecule has 0 bridgehead atoms. The van der Waals surface area contributed by atoms with Gasteiger partial charge in [0.1, 0.15) is 17.2 Å². The first-order valence-corrected chi connectivity index (χ1v) is 11.6. The second-order valence-electron chi connectivity index (χ2n) is 8.05. The van der Waals surface area contributed by atoms with E-state index in [4.69, 9.17) is 30.9 Å². The van der Waals surface area contributed by atoms with Gasteiger partial charge in [0.2, 0.25) is 0 Å². The van der Waals surface area contributed by atoms with Crippen LogP contribution in [-0.2, 0) is 6.61 Å². The fraction of sp³-hybridized carbons (Fsp3) is 0.357. The van der Waals surface area contributed by atoms with E-state index in [1.54, 1.807) is 0 Å². The van der Waals surface area contributed by atoms with Gasteiger partial charge in [-0.3, -0.25) is 0 Å². The van der Waals surface area contributed by atoms with Crippen LogP contribution in [0.15, 0.2) is 78.9 Å². The zero-order chi connectivity index (χ0) is 24.6. The molecule has 0 unspecified atom stereocenters. The zero-order valence-electron chi connectivity index (χ0n) is 20.5. The normalized spacial score (nSPS) is 10.2. The first-order chi connectivity index (χ1) is 15.7. The van der Waals surface area contributed by atoms with E-state index in [0.717, 1.165) is 22.8 Å². The molecule has 3 aromatic rings. The van der Waals surface area contributed by atoms with Crippen molar-refractivity contribution >= 4 is 11.6 Å². The standard InChI is InChI=1S/C10H14O2.C9H11ClO.C9H12O/c1-8(2)12-10-5-3-9(7-11)4-6-10;1-7(2)11-9-6-4-3-5-8(9)10;1-8(2)10-9-6-4-3-5-7-9/h3-6,8,11H,7H2,1-2H3;3-7H,1-2H3;3-8H,1-2H3. The molecule has 0 aliphatic carbocycles. The van der Waals surface area contributed by atoms with E-state index >= 15 is 0 Å². The van der Waals surface area contributed by atoms with Crippen LogP contribution in [0.25, 0.3) is 0 Å². The minimum absolute atomic E-state index is 0.0853. The van der Waals surface area contributed by atoms with Gasteiger partial charge < -0.3 is 19.3 Å². The number of aliphatic hydroxyl groups excluding tert-OH is 1. The lowest BCUT2D eigenvalue weighted by Crippen LogP contribution is -2.05. The molecule has 3 aromatic carbocycles. The summed E-state index contributed by atoms with van der Waals surface area (Å²) in [5, 5.41) is 9.44. The lowest BCUT2D eigenvalue weighted by atomic mass is 10.2. The van der Waals surface area contributed by atoms with E-state index in [1.165, 1.54) is 0 Å². The van der Waals surface area contributed by atoms with Gasteiger partial charge in [0, 0.05) is 0 Å². The lowest BCUT2D eigenvalue weighted by Gasteiger charge is -2.10. The van der Waals surface area contributed by atoms with E-state index in [2.05, 4.69) is 0 Å². The van der Waals surface area contributed by atoms with Crippen molar-refractivity contribution in [2.45, 2.75) is 66.5 Å². The van der Waals surface area contributed by atoms with Gasteiger partial charge in [-0.05, 0) is 83.5 Å². The summed E-state index contributed by atoms with van der Waals surface area (Å²) in [6, 6.07) is 24.8. The van der Waals surface area contributed by atoms with Crippen LogP contribution >= 0.6 is 11.6 Å². The molecule has 0 fully saturated rings. The Morgan fingerprint density at radius 2 is 1.06 bits per heavy atom. The molecule has 5 heteroatoms. The largest absolute Gasteiger partial charge is 0.491 e. The number of para-hydroxylation sites is 2. The van der Waals surface area contributed by atoms with E-state index in [9.17, 15) is 0 Å². The Hall–Kier alpha value is -2.69. The van der Waals surface area contributed by atoms with Gasteiger partial charge in [0.05, 0.1) is 29.9 Å². The SMILES string of the molecule is CC(C)Oc1ccc(CO)cc1.CC(C)Oc1ccccc1.CC(C)Oc1ccccc1Cl.